The third-order valence-corrected chi connectivity index (χ3v) is 6.97. The second-order valence-corrected chi connectivity index (χ2v) is 9.65. The highest BCUT2D eigenvalue weighted by atomic mass is 32.2. The summed E-state index contributed by atoms with van der Waals surface area (Å²) in [6.45, 7) is 5.32. The molecule has 1 heterocycles. The first kappa shape index (κ1) is 20.4. The molecule has 6 heteroatoms. The number of anilines is 1. The predicted octanol–water partition coefficient (Wildman–Crippen LogP) is 3.04. The maximum Gasteiger partial charge on any atom is 0.242 e. The van der Waals surface area contributed by atoms with Crippen molar-refractivity contribution in [3.05, 3.63) is 65.7 Å². The van der Waals surface area contributed by atoms with E-state index in [1.807, 2.05) is 50.2 Å². The van der Waals surface area contributed by atoms with Crippen LogP contribution in [0.3, 0.4) is 0 Å². The SMILES string of the molecule is CCN(C(=O)CN(Cc1ccccc1)c1cccc(C)c1)C1CCS(=O)(=O)C1. The Morgan fingerprint density at radius 3 is 2.46 bits per heavy atom. The normalized spacial score (nSPS) is 18.0. The molecule has 2 aromatic carbocycles. The van der Waals surface area contributed by atoms with Gasteiger partial charge in [-0.3, -0.25) is 4.79 Å². The van der Waals surface area contributed by atoms with Crippen LogP contribution >= 0.6 is 0 Å². The van der Waals surface area contributed by atoms with Crippen LogP contribution in [0, 0.1) is 6.92 Å². The van der Waals surface area contributed by atoms with Gasteiger partial charge in [0.15, 0.2) is 9.84 Å². The van der Waals surface area contributed by atoms with Crippen LogP contribution in [0.25, 0.3) is 0 Å². The molecule has 1 aliphatic heterocycles. The number of amides is 1. The Morgan fingerprint density at radius 2 is 1.86 bits per heavy atom. The zero-order valence-electron chi connectivity index (χ0n) is 16.5. The minimum absolute atomic E-state index is 0.0259. The number of aryl methyl sites for hydroxylation is 1. The number of rotatable bonds is 7. The molecule has 1 atom stereocenters. The third kappa shape index (κ3) is 5.13. The van der Waals surface area contributed by atoms with E-state index >= 15 is 0 Å². The van der Waals surface area contributed by atoms with Crippen molar-refractivity contribution < 1.29 is 13.2 Å². The Bertz CT molecular complexity index is 912. The van der Waals surface area contributed by atoms with Crippen LogP contribution in [-0.4, -0.2) is 49.9 Å². The lowest BCUT2D eigenvalue weighted by atomic mass is 10.1. The summed E-state index contributed by atoms with van der Waals surface area (Å²) in [7, 11) is -3.03. The number of sulfone groups is 1. The fourth-order valence-electron chi connectivity index (χ4n) is 3.78. The second kappa shape index (κ2) is 8.78. The van der Waals surface area contributed by atoms with E-state index in [9.17, 15) is 13.2 Å². The van der Waals surface area contributed by atoms with Gasteiger partial charge in [0, 0.05) is 24.8 Å². The van der Waals surface area contributed by atoms with Crippen molar-refractivity contribution in [1.82, 2.24) is 4.90 Å². The zero-order chi connectivity index (χ0) is 20.1. The van der Waals surface area contributed by atoms with Crippen LogP contribution in [0.2, 0.25) is 0 Å². The fraction of sp³-hybridized carbons (Fsp3) is 0.409. The van der Waals surface area contributed by atoms with Gasteiger partial charge in [-0.05, 0) is 43.5 Å². The summed E-state index contributed by atoms with van der Waals surface area (Å²) >= 11 is 0. The standard InChI is InChI=1S/C22H28N2O3S/c1-3-24(21-12-13-28(26,27)17-21)22(25)16-23(15-19-9-5-4-6-10-19)20-11-7-8-18(2)14-20/h4-11,14,21H,3,12-13,15-17H2,1-2H3. The lowest BCUT2D eigenvalue weighted by Crippen LogP contribution is -2.46. The molecule has 150 valence electrons. The number of carbonyl (C=O) groups is 1. The largest absolute Gasteiger partial charge is 0.358 e. The Morgan fingerprint density at radius 1 is 1.11 bits per heavy atom. The lowest BCUT2D eigenvalue weighted by Gasteiger charge is -2.31. The maximum absolute atomic E-state index is 13.1. The van der Waals surface area contributed by atoms with Crippen LogP contribution in [0.5, 0.6) is 0 Å². The van der Waals surface area contributed by atoms with Crippen molar-refractivity contribution in [3.63, 3.8) is 0 Å². The topological polar surface area (TPSA) is 57.7 Å². The van der Waals surface area contributed by atoms with Crippen molar-refractivity contribution in [2.24, 2.45) is 0 Å². The summed E-state index contributed by atoms with van der Waals surface area (Å²) in [4.78, 5) is 16.9. The molecule has 28 heavy (non-hydrogen) atoms. The average Bonchev–Trinajstić information content (AvgIpc) is 3.02. The molecular weight excluding hydrogens is 372 g/mol. The molecule has 0 aromatic heterocycles. The zero-order valence-corrected chi connectivity index (χ0v) is 17.4. The maximum atomic E-state index is 13.1. The number of hydrogen-bond acceptors (Lipinski definition) is 4. The van der Waals surface area contributed by atoms with E-state index in [2.05, 4.69) is 23.1 Å². The minimum Gasteiger partial charge on any atom is -0.358 e. The number of hydrogen-bond donors (Lipinski definition) is 0. The molecule has 0 radical (unpaired) electrons. The van der Waals surface area contributed by atoms with Crippen molar-refractivity contribution in [2.45, 2.75) is 32.9 Å². The van der Waals surface area contributed by atoms with Crippen LogP contribution in [0.4, 0.5) is 5.69 Å². The minimum atomic E-state index is -3.03. The van der Waals surface area contributed by atoms with Crippen molar-refractivity contribution in [3.8, 4) is 0 Å². The molecule has 2 aromatic rings. The summed E-state index contributed by atoms with van der Waals surface area (Å²) in [6.07, 6.45) is 0.533. The van der Waals surface area contributed by atoms with Gasteiger partial charge >= 0.3 is 0 Å². The molecule has 0 saturated carbocycles. The summed E-state index contributed by atoms with van der Waals surface area (Å²) in [6, 6.07) is 18.0. The molecule has 1 unspecified atom stereocenters. The van der Waals surface area contributed by atoms with Crippen LogP contribution < -0.4 is 4.90 Å². The van der Waals surface area contributed by atoms with E-state index in [0.717, 1.165) is 16.8 Å². The molecule has 3 rings (SSSR count). The Kier molecular flexibility index (Phi) is 6.39. The van der Waals surface area contributed by atoms with Gasteiger partial charge in [0.05, 0.1) is 18.1 Å². The van der Waals surface area contributed by atoms with E-state index in [4.69, 9.17) is 0 Å². The first-order valence-corrected chi connectivity index (χ1v) is 11.6. The second-order valence-electron chi connectivity index (χ2n) is 7.42. The average molecular weight is 401 g/mol. The highest BCUT2D eigenvalue weighted by molar-refractivity contribution is 7.91. The Balaban J connectivity index is 1.80. The number of carbonyl (C=O) groups excluding carboxylic acids is 1. The van der Waals surface area contributed by atoms with Crippen molar-refractivity contribution >= 4 is 21.4 Å². The quantitative estimate of drug-likeness (QED) is 0.717. The van der Waals surface area contributed by atoms with Crippen LogP contribution in [0.15, 0.2) is 54.6 Å². The smallest absolute Gasteiger partial charge is 0.242 e. The van der Waals surface area contributed by atoms with E-state index < -0.39 is 9.84 Å². The lowest BCUT2D eigenvalue weighted by molar-refractivity contribution is -0.131. The van der Waals surface area contributed by atoms with Crippen molar-refractivity contribution in [1.29, 1.82) is 0 Å². The van der Waals surface area contributed by atoms with Gasteiger partial charge in [0.1, 0.15) is 0 Å². The highest BCUT2D eigenvalue weighted by Gasteiger charge is 2.34. The molecule has 1 saturated heterocycles. The summed E-state index contributed by atoms with van der Waals surface area (Å²) in [5, 5.41) is 0. The molecule has 0 N–H and O–H groups in total. The molecule has 0 bridgehead atoms. The monoisotopic (exact) mass is 400 g/mol. The first-order chi connectivity index (χ1) is 13.4. The van der Waals surface area contributed by atoms with E-state index in [0.29, 0.717) is 19.5 Å². The number of benzene rings is 2. The summed E-state index contributed by atoms with van der Waals surface area (Å²) in [5.74, 6) is 0.227. The third-order valence-electron chi connectivity index (χ3n) is 5.22. The van der Waals surface area contributed by atoms with Gasteiger partial charge < -0.3 is 9.80 Å². The molecule has 1 fully saturated rings. The van der Waals surface area contributed by atoms with E-state index in [-0.39, 0.29) is 30.0 Å². The predicted molar refractivity (Wildman–Crippen MR) is 113 cm³/mol. The van der Waals surface area contributed by atoms with Gasteiger partial charge in [-0.2, -0.15) is 0 Å². The Labute approximate surface area is 167 Å². The van der Waals surface area contributed by atoms with E-state index in [1.54, 1.807) is 4.90 Å². The Hall–Kier alpha value is -2.34. The van der Waals surface area contributed by atoms with E-state index in [1.165, 1.54) is 0 Å². The molecule has 0 aliphatic carbocycles. The van der Waals surface area contributed by atoms with Crippen LogP contribution in [0.1, 0.15) is 24.5 Å². The van der Waals surface area contributed by atoms with Gasteiger partial charge in [0.2, 0.25) is 5.91 Å². The molecule has 5 nitrogen and oxygen atoms in total. The van der Waals surface area contributed by atoms with Gasteiger partial charge in [0.25, 0.3) is 0 Å². The van der Waals surface area contributed by atoms with Crippen LogP contribution in [-0.2, 0) is 21.2 Å². The van der Waals surface area contributed by atoms with Gasteiger partial charge in [-0.1, -0.05) is 42.5 Å². The van der Waals surface area contributed by atoms with Gasteiger partial charge in [-0.15, -0.1) is 0 Å². The number of nitrogens with zero attached hydrogens (tertiary/aromatic N) is 2. The molecular formula is C22H28N2O3S. The molecule has 0 spiro atoms. The summed E-state index contributed by atoms with van der Waals surface area (Å²) < 4.78 is 23.7. The summed E-state index contributed by atoms with van der Waals surface area (Å²) in [5.41, 5.74) is 3.26. The highest BCUT2D eigenvalue weighted by Crippen LogP contribution is 2.21. The number of likely N-dealkylation sites (N-methyl/N-ethyl adjacent to an activating group) is 1. The first-order valence-electron chi connectivity index (χ1n) is 9.73. The molecule has 1 aliphatic rings. The van der Waals surface area contributed by atoms with Gasteiger partial charge in [-0.25, -0.2) is 8.42 Å². The molecule has 1 amide bonds. The van der Waals surface area contributed by atoms with Crippen molar-refractivity contribution in [2.75, 3.05) is 29.5 Å². The fourth-order valence-corrected chi connectivity index (χ4v) is 5.51.